The van der Waals surface area contributed by atoms with Gasteiger partial charge in [0.1, 0.15) is 6.04 Å². The van der Waals surface area contributed by atoms with E-state index in [0.29, 0.717) is 31.7 Å². The third-order valence-corrected chi connectivity index (χ3v) is 15.2. The maximum absolute atomic E-state index is 14.5. The molecule has 4 amide bonds. The van der Waals surface area contributed by atoms with Gasteiger partial charge < -0.3 is 20.9 Å². The summed E-state index contributed by atoms with van der Waals surface area (Å²) in [4.78, 5) is 70.4. The quantitative estimate of drug-likeness (QED) is 0.220. The molecule has 0 aromatic heterocycles. The number of urea groups is 1. The Hall–Kier alpha value is -2.50. The van der Waals surface area contributed by atoms with Crippen LogP contribution < -0.4 is 16.0 Å². The lowest BCUT2D eigenvalue weighted by Crippen LogP contribution is -2.63. The zero-order valence-corrected chi connectivity index (χ0v) is 32.5. The lowest BCUT2D eigenvalue weighted by atomic mass is 9.83. The molecule has 0 aromatic rings. The highest BCUT2D eigenvalue weighted by Gasteiger charge is 2.69. The number of carbonyl (C=O) groups excluding carboxylic acids is 5. The molecule has 282 valence electrons. The number of sulfone groups is 1. The van der Waals surface area contributed by atoms with Crippen LogP contribution in [0.5, 0.6) is 0 Å². The first kappa shape index (κ1) is 38.7. The number of carbonyl (C=O) groups is 5. The molecular formula is C38H62N4O7S. The minimum absolute atomic E-state index is 0.0390. The van der Waals surface area contributed by atoms with Crippen LogP contribution in [0.1, 0.15) is 132 Å². The SMILES string of the molecule is CC(C)(C)C(NC(=O)NC1(CS(=O)(=O)C(C)(C)C)CCCCC1)C(=O)N1C[C@H]2[C@@H]([C@H]1C(=O)C[C@H](CCC1CC1)C(=O)C(=O)NC1CC1)C2(C)C. The summed E-state index contributed by atoms with van der Waals surface area (Å²) in [5, 5.41) is 8.74. The molecule has 5 aliphatic rings. The van der Waals surface area contributed by atoms with Crippen LogP contribution in [0.2, 0.25) is 0 Å². The Kier molecular flexibility index (Phi) is 10.7. The van der Waals surface area contributed by atoms with Gasteiger partial charge in [-0.2, -0.15) is 0 Å². The van der Waals surface area contributed by atoms with Crippen molar-refractivity contribution < 1.29 is 32.4 Å². The fraction of sp³-hybridized carbons (Fsp3) is 0.868. The van der Waals surface area contributed by atoms with Crippen molar-refractivity contribution in [2.75, 3.05) is 12.3 Å². The molecule has 0 radical (unpaired) electrons. The van der Waals surface area contributed by atoms with Gasteiger partial charge >= 0.3 is 6.03 Å². The maximum Gasteiger partial charge on any atom is 0.315 e. The molecule has 0 bridgehead atoms. The number of nitrogens with one attached hydrogen (secondary N) is 3. The van der Waals surface area contributed by atoms with E-state index in [1.165, 1.54) is 0 Å². The largest absolute Gasteiger partial charge is 0.347 e. The number of ketones is 2. The summed E-state index contributed by atoms with van der Waals surface area (Å²) in [5.41, 5.74) is -1.82. The van der Waals surface area contributed by atoms with Crippen LogP contribution in [0.3, 0.4) is 0 Å². The van der Waals surface area contributed by atoms with E-state index < -0.39 is 61.3 Å². The molecule has 1 heterocycles. The summed E-state index contributed by atoms with van der Waals surface area (Å²) in [6.07, 6.45) is 8.74. The Morgan fingerprint density at radius 3 is 2.06 bits per heavy atom. The molecule has 1 saturated heterocycles. The normalized spacial score (nSPS) is 27.0. The van der Waals surface area contributed by atoms with E-state index in [0.717, 1.165) is 51.4 Å². The molecule has 3 N–H and O–H groups in total. The first-order valence-electron chi connectivity index (χ1n) is 19.1. The number of Topliss-reactive ketones (excluding diaryl/α,β-unsaturated/α-hetero) is 2. The third-order valence-electron chi connectivity index (χ3n) is 12.4. The van der Waals surface area contributed by atoms with Crippen molar-refractivity contribution in [3.05, 3.63) is 0 Å². The smallest absolute Gasteiger partial charge is 0.315 e. The summed E-state index contributed by atoms with van der Waals surface area (Å²) in [5.74, 6) is -2.03. The van der Waals surface area contributed by atoms with Crippen LogP contribution in [0.15, 0.2) is 0 Å². The van der Waals surface area contributed by atoms with Gasteiger partial charge in [0, 0.05) is 24.9 Å². The van der Waals surface area contributed by atoms with Gasteiger partial charge in [0.25, 0.3) is 5.91 Å². The topological polar surface area (TPSA) is 159 Å². The second-order valence-electron chi connectivity index (χ2n) is 19.0. The van der Waals surface area contributed by atoms with Gasteiger partial charge in [0.05, 0.1) is 22.1 Å². The molecule has 12 heteroatoms. The molecule has 4 saturated carbocycles. The number of likely N-dealkylation sites (tertiary alicyclic amines) is 1. The summed E-state index contributed by atoms with van der Waals surface area (Å²) in [6, 6.07) is -2.29. The van der Waals surface area contributed by atoms with Crippen LogP contribution in [-0.2, 0) is 29.0 Å². The average Bonchev–Trinajstić information content (AvgIpc) is 3.95. The Labute approximate surface area is 299 Å². The van der Waals surface area contributed by atoms with Crippen LogP contribution in [-0.4, -0.2) is 83.4 Å². The van der Waals surface area contributed by atoms with Crippen LogP contribution in [0.25, 0.3) is 0 Å². The summed E-state index contributed by atoms with van der Waals surface area (Å²) in [6.45, 7) is 15.2. The predicted octanol–water partition coefficient (Wildman–Crippen LogP) is 4.71. The van der Waals surface area contributed by atoms with Gasteiger partial charge in [0.15, 0.2) is 15.6 Å². The minimum atomic E-state index is -3.55. The first-order chi connectivity index (χ1) is 23.1. The molecule has 0 aromatic carbocycles. The number of fused-ring (bicyclic) bond motifs is 1. The summed E-state index contributed by atoms with van der Waals surface area (Å²) >= 11 is 0. The fourth-order valence-electron chi connectivity index (χ4n) is 8.42. The summed E-state index contributed by atoms with van der Waals surface area (Å²) < 4.78 is 25.7. The standard InChI is InChI=1S/C38H62N4O7S/c1-35(2,3)31(40-34(47)41-38(18-10-9-11-19-38)22-50(48,49)36(4,5)6)33(46)42-21-26-28(37(26,7)8)29(42)27(43)20-24(15-14-23-12-13-23)30(44)32(45)39-25-16-17-25/h23-26,28-29,31H,9-22H2,1-8H3,(H,39,45)(H2,40,41,47)/t24-,26-,28-,29+,31?/m0/s1. The second-order valence-corrected chi connectivity index (χ2v) is 21.7. The van der Waals surface area contributed by atoms with E-state index in [-0.39, 0.29) is 47.2 Å². The van der Waals surface area contributed by atoms with E-state index in [9.17, 15) is 32.4 Å². The van der Waals surface area contributed by atoms with E-state index in [1.54, 1.807) is 25.7 Å². The highest BCUT2D eigenvalue weighted by molar-refractivity contribution is 7.92. The van der Waals surface area contributed by atoms with Gasteiger partial charge in [0.2, 0.25) is 11.7 Å². The number of nitrogens with zero attached hydrogens (tertiary/aromatic N) is 1. The van der Waals surface area contributed by atoms with Crippen LogP contribution in [0, 0.1) is 34.5 Å². The van der Waals surface area contributed by atoms with Gasteiger partial charge in [-0.15, -0.1) is 0 Å². The maximum atomic E-state index is 14.5. The number of piperidine rings is 1. The van der Waals surface area contributed by atoms with Gasteiger partial charge in [-0.3, -0.25) is 19.2 Å². The predicted molar refractivity (Wildman–Crippen MR) is 192 cm³/mol. The molecule has 0 spiro atoms. The lowest BCUT2D eigenvalue weighted by Gasteiger charge is -2.41. The molecule has 11 nitrogen and oxygen atoms in total. The van der Waals surface area contributed by atoms with Crippen LogP contribution in [0.4, 0.5) is 4.79 Å². The molecular weight excluding hydrogens is 657 g/mol. The minimum Gasteiger partial charge on any atom is -0.347 e. The monoisotopic (exact) mass is 718 g/mol. The average molecular weight is 719 g/mol. The number of hydrogen-bond acceptors (Lipinski definition) is 7. The van der Waals surface area contributed by atoms with Gasteiger partial charge in [-0.25, -0.2) is 13.2 Å². The lowest BCUT2D eigenvalue weighted by molar-refractivity contribution is -0.145. The highest BCUT2D eigenvalue weighted by atomic mass is 32.2. The van der Waals surface area contributed by atoms with E-state index in [4.69, 9.17) is 0 Å². The first-order valence-corrected chi connectivity index (χ1v) is 20.7. The van der Waals surface area contributed by atoms with Crippen molar-refractivity contribution in [1.29, 1.82) is 0 Å². The van der Waals surface area contributed by atoms with E-state index >= 15 is 0 Å². The molecule has 1 unspecified atom stereocenters. The Morgan fingerprint density at radius 2 is 1.52 bits per heavy atom. The van der Waals surface area contributed by atoms with Gasteiger partial charge in [-0.05, 0) is 87.9 Å². The second kappa shape index (κ2) is 13.8. The molecule has 5 rings (SSSR count). The highest BCUT2D eigenvalue weighted by Crippen LogP contribution is 2.65. The Balaban J connectivity index is 1.33. The number of hydrogen-bond donors (Lipinski definition) is 3. The zero-order chi connectivity index (χ0) is 37.0. The van der Waals surface area contributed by atoms with Crippen molar-refractivity contribution in [3.8, 4) is 0 Å². The Morgan fingerprint density at radius 1 is 0.900 bits per heavy atom. The van der Waals surface area contributed by atoms with E-state index in [2.05, 4.69) is 29.8 Å². The Bertz CT molecular complexity index is 1460. The third kappa shape index (κ3) is 8.58. The van der Waals surface area contributed by atoms with Crippen LogP contribution >= 0.6 is 0 Å². The van der Waals surface area contributed by atoms with Crippen molar-refractivity contribution >= 4 is 39.2 Å². The zero-order valence-electron chi connectivity index (χ0n) is 31.7. The molecule has 5 atom stereocenters. The number of rotatable bonds is 14. The van der Waals surface area contributed by atoms with Crippen molar-refractivity contribution in [3.63, 3.8) is 0 Å². The van der Waals surface area contributed by atoms with Crippen molar-refractivity contribution in [2.45, 2.75) is 161 Å². The van der Waals surface area contributed by atoms with Crippen molar-refractivity contribution in [2.24, 2.45) is 34.5 Å². The van der Waals surface area contributed by atoms with E-state index in [1.807, 2.05) is 20.8 Å². The molecule has 1 aliphatic heterocycles. The molecule has 50 heavy (non-hydrogen) atoms. The fourth-order valence-corrected chi connectivity index (χ4v) is 9.94. The molecule has 5 fully saturated rings. The molecule has 4 aliphatic carbocycles. The number of amides is 4. The summed E-state index contributed by atoms with van der Waals surface area (Å²) in [7, 11) is -3.55. The van der Waals surface area contributed by atoms with Crippen molar-refractivity contribution in [1.82, 2.24) is 20.9 Å². The van der Waals surface area contributed by atoms with Gasteiger partial charge in [-0.1, -0.05) is 66.7 Å².